The fourth-order valence-corrected chi connectivity index (χ4v) is 6.55. The van der Waals surface area contributed by atoms with Crippen molar-refractivity contribution in [2.45, 2.75) is 38.0 Å². The monoisotopic (exact) mass is 603 g/mol. The fraction of sp³-hybridized carbons (Fsp3) is 0.216. The van der Waals surface area contributed by atoms with Gasteiger partial charge in [-0.1, -0.05) is 76.6 Å². The molecule has 206 valence electrons. The van der Waals surface area contributed by atoms with Crippen molar-refractivity contribution >= 4 is 48.2 Å². The van der Waals surface area contributed by atoms with E-state index in [2.05, 4.69) is 87.6 Å². The molecule has 1 aliphatic rings. The Labute approximate surface area is 250 Å². The smallest absolute Gasteiger partial charge is 0.131 e. The maximum absolute atomic E-state index is 5.83. The number of methoxy groups -OCH3 is 2. The van der Waals surface area contributed by atoms with E-state index < -0.39 is 0 Å². The lowest BCUT2D eigenvalue weighted by Gasteiger charge is -2.27. The Bertz CT molecular complexity index is 1750. The van der Waals surface area contributed by atoms with Gasteiger partial charge < -0.3 is 9.47 Å². The summed E-state index contributed by atoms with van der Waals surface area (Å²) in [5, 5.41) is 7.34. The van der Waals surface area contributed by atoms with Gasteiger partial charge in [0.15, 0.2) is 0 Å². The Morgan fingerprint density at radius 3 is 2.37 bits per heavy atom. The van der Waals surface area contributed by atoms with Gasteiger partial charge in [0.25, 0.3) is 0 Å². The first-order valence-corrected chi connectivity index (χ1v) is 15.1. The SMILES string of the molecule is COc1cccc2c1c(OC)cc1c3c(ccc12)C(CCc1ccc(Br)cc1)CCC3.c1ccc2cnccc2c1. The van der Waals surface area contributed by atoms with Crippen molar-refractivity contribution in [2.75, 3.05) is 14.2 Å². The Balaban J connectivity index is 0.000000253. The van der Waals surface area contributed by atoms with Crippen LogP contribution in [-0.2, 0) is 12.8 Å². The lowest BCUT2D eigenvalue weighted by molar-refractivity contribution is 0.405. The maximum Gasteiger partial charge on any atom is 0.131 e. The highest BCUT2D eigenvalue weighted by molar-refractivity contribution is 9.10. The predicted molar refractivity (Wildman–Crippen MR) is 174 cm³/mol. The molecule has 0 fully saturated rings. The summed E-state index contributed by atoms with van der Waals surface area (Å²) in [5.41, 5.74) is 4.45. The number of rotatable bonds is 5. The van der Waals surface area contributed by atoms with Gasteiger partial charge in [0.1, 0.15) is 11.5 Å². The van der Waals surface area contributed by atoms with E-state index in [1.807, 2.05) is 36.7 Å². The summed E-state index contributed by atoms with van der Waals surface area (Å²) in [6.07, 6.45) is 9.65. The predicted octanol–water partition coefficient (Wildman–Crippen LogP) is 10.1. The Hall–Kier alpha value is -3.89. The van der Waals surface area contributed by atoms with Crippen LogP contribution in [0, 0.1) is 0 Å². The van der Waals surface area contributed by atoms with Crippen LogP contribution in [0.1, 0.15) is 41.9 Å². The molecule has 1 atom stereocenters. The molecule has 0 spiro atoms. The van der Waals surface area contributed by atoms with Gasteiger partial charge in [-0.15, -0.1) is 0 Å². The van der Waals surface area contributed by atoms with Crippen LogP contribution in [0.15, 0.2) is 108 Å². The highest BCUT2D eigenvalue weighted by Crippen LogP contribution is 2.44. The third-order valence-corrected chi connectivity index (χ3v) is 8.86. The fourth-order valence-electron chi connectivity index (χ4n) is 6.29. The molecule has 1 aliphatic carbocycles. The van der Waals surface area contributed by atoms with Gasteiger partial charge >= 0.3 is 0 Å². The van der Waals surface area contributed by atoms with Crippen molar-refractivity contribution in [2.24, 2.45) is 0 Å². The summed E-state index contributed by atoms with van der Waals surface area (Å²) in [6, 6.07) is 32.1. The molecule has 0 N–H and O–H groups in total. The van der Waals surface area contributed by atoms with Crippen LogP contribution in [0.25, 0.3) is 32.3 Å². The number of pyridine rings is 1. The molecule has 0 amide bonds. The zero-order valence-corrected chi connectivity index (χ0v) is 25.2. The van der Waals surface area contributed by atoms with Crippen molar-refractivity contribution < 1.29 is 9.47 Å². The molecule has 7 rings (SSSR count). The van der Waals surface area contributed by atoms with Crippen molar-refractivity contribution in [3.8, 4) is 11.5 Å². The van der Waals surface area contributed by atoms with E-state index in [1.165, 1.54) is 62.9 Å². The molecule has 0 bridgehead atoms. The second-order valence-corrected chi connectivity index (χ2v) is 11.6. The van der Waals surface area contributed by atoms with Crippen molar-refractivity contribution in [3.63, 3.8) is 0 Å². The minimum atomic E-state index is 0.615. The lowest BCUT2D eigenvalue weighted by Crippen LogP contribution is -2.11. The summed E-state index contributed by atoms with van der Waals surface area (Å²) in [4.78, 5) is 4.01. The molecule has 3 nitrogen and oxygen atoms in total. The van der Waals surface area contributed by atoms with E-state index in [0.29, 0.717) is 5.92 Å². The quantitative estimate of drug-likeness (QED) is 0.184. The third-order valence-electron chi connectivity index (χ3n) is 8.34. The number of aryl methyl sites for hydroxylation is 2. The number of fused-ring (bicyclic) bond motifs is 6. The van der Waals surface area contributed by atoms with Crippen molar-refractivity contribution in [1.82, 2.24) is 4.98 Å². The van der Waals surface area contributed by atoms with Crippen LogP contribution in [0.5, 0.6) is 11.5 Å². The first-order valence-electron chi connectivity index (χ1n) is 14.3. The van der Waals surface area contributed by atoms with Crippen molar-refractivity contribution in [1.29, 1.82) is 0 Å². The third kappa shape index (κ3) is 5.67. The number of hydrogen-bond acceptors (Lipinski definition) is 3. The summed E-state index contributed by atoms with van der Waals surface area (Å²) in [5.74, 6) is 2.37. The molecule has 6 aromatic rings. The van der Waals surface area contributed by atoms with E-state index in [0.717, 1.165) is 34.2 Å². The summed E-state index contributed by atoms with van der Waals surface area (Å²) in [7, 11) is 3.48. The molecule has 0 saturated heterocycles. The zero-order valence-electron chi connectivity index (χ0n) is 23.6. The maximum atomic E-state index is 5.83. The number of hydrogen-bond donors (Lipinski definition) is 0. The highest BCUT2D eigenvalue weighted by Gasteiger charge is 2.23. The molecule has 0 radical (unpaired) electrons. The summed E-state index contributed by atoms with van der Waals surface area (Å²) < 4.78 is 12.6. The molecule has 4 heteroatoms. The van der Waals surface area contributed by atoms with Gasteiger partial charge in [-0.25, -0.2) is 0 Å². The van der Waals surface area contributed by atoms with E-state index in [1.54, 1.807) is 14.2 Å². The number of benzene rings is 5. The number of ether oxygens (including phenoxy) is 2. The van der Waals surface area contributed by atoms with Gasteiger partial charge in [-0.05, 0) is 112 Å². The minimum absolute atomic E-state index is 0.615. The number of halogens is 1. The molecule has 1 heterocycles. The van der Waals surface area contributed by atoms with E-state index in [-0.39, 0.29) is 0 Å². The van der Waals surface area contributed by atoms with Gasteiger partial charge in [-0.2, -0.15) is 0 Å². The van der Waals surface area contributed by atoms with Crippen LogP contribution >= 0.6 is 15.9 Å². The topological polar surface area (TPSA) is 31.4 Å². The van der Waals surface area contributed by atoms with Crippen LogP contribution in [-0.4, -0.2) is 19.2 Å². The van der Waals surface area contributed by atoms with Crippen LogP contribution in [0.3, 0.4) is 0 Å². The van der Waals surface area contributed by atoms with Gasteiger partial charge in [-0.3, -0.25) is 4.98 Å². The molecule has 0 saturated carbocycles. The first-order chi connectivity index (χ1) is 20.2. The Morgan fingerprint density at radius 1 is 0.780 bits per heavy atom. The molecule has 1 unspecified atom stereocenters. The van der Waals surface area contributed by atoms with Gasteiger partial charge in [0.2, 0.25) is 0 Å². The lowest BCUT2D eigenvalue weighted by atomic mass is 9.77. The second kappa shape index (κ2) is 12.3. The van der Waals surface area contributed by atoms with Crippen LogP contribution in [0.2, 0.25) is 0 Å². The molecule has 41 heavy (non-hydrogen) atoms. The normalized spacial score (nSPS) is 14.4. The van der Waals surface area contributed by atoms with E-state index in [4.69, 9.17) is 9.47 Å². The molecule has 0 aliphatic heterocycles. The molecule has 1 aromatic heterocycles. The van der Waals surface area contributed by atoms with Gasteiger partial charge in [0.05, 0.1) is 19.6 Å². The Morgan fingerprint density at radius 2 is 1.59 bits per heavy atom. The van der Waals surface area contributed by atoms with E-state index in [9.17, 15) is 0 Å². The number of aromatic nitrogens is 1. The first kappa shape index (κ1) is 27.3. The Kier molecular flexibility index (Phi) is 8.20. The molecular formula is C37H34BrNO2. The second-order valence-electron chi connectivity index (χ2n) is 10.7. The summed E-state index contributed by atoms with van der Waals surface area (Å²) in [6.45, 7) is 0. The summed E-state index contributed by atoms with van der Waals surface area (Å²) >= 11 is 3.54. The standard InChI is InChI=1S/C28H27BrO2.C9H7N/c1-30-26-8-4-7-24-23-16-15-21-19(12-9-18-10-13-20(29)14-11-18)5-3-6-22(21)25(23)17-27(31-2)28(24)26;1-2-4-9-7-10-6-5-8(9)3-1/h4,7-8,10-11,13-17,19H,3,5-6,9,12H2,1-2H3;1-7H. The highest BCUT2D eigenvalue weighted by atomic mass is 79.9. The minimum Gasteiger partial charge on any atom is -0.496 e. The average molecular weight is 605 g/mol. The van der Waals surface area contributed by atoms with Crippen LogP contribution in [0.4, 0.5) is 0 Å². The van der Waals surface area contributed by atoms with Gasteiger partial charge in [0, 0.05) is 16.9 Å². The van der Waals surface area contributed by atoms with E-state index >= 15 is 0 Å². The zero-order chi connectivity index (χ0) is 28.2. The molecular weight excluding hydrogens is 570 g/mol. The largest absolute Gasteiger partial charge is 0.496 e. The van der Waals surface area contributed by atoms with Crippen LogP contribution < -0.4 is 9.47 Å². The average Bonchev–Trinajstić information content (AvgIpc) is 3.03. The molecule has 5 aromatic carbocycles. The number of nitrogens with zero attached hydrogens (tertiary/aromatic N) is 1. The van der Waals surface area contributed by atoms with Crippen molar-refractivity contribution in [3.05, 3.63) is 125 Å².